The molecule has 0 aliphatic rings. The predicted molar refractivity (Wildman–Crippen MR) is 150 cm³/mol. The fourth-order valence-corrected chi connectivity index (χ4v) is 5.30. The van der Waals surface area contributed by atoms with Crippen molar-refractivity contribution in [2.45, 2.75) is 31.2 Å². The van der Waals surface area contributed by atoms with Gasteiger partial charge in [-0.15, -0.1) is 11.3 Å². The van der Waals surface area contributed by atoms with Crippen molar-refractivity contribution in [2.24, 2.45) is 0 Å². The van der Waals surface area contributed by atoms with Crippen LogP contribution in [0.15, 0.2) is 83.3 Å². The largest absolute Gasteiger partial charge is 0.332 e. The molecule has 0 aliphatic carbocycles. The minimum atomic E-state index is -0.416. The van der Waals surface area contributed by atoms with Crippen LogP contribution >= 0.6 is 23.1 Å². The molecule has 37 heavy (non-hydrogen) atoms. The first-order chi connectivity index (χ1) is 17.9. The topological polar surface area (TPSA) is 70.7 Å². The molecule has 0 aliphatic heterocycles. The van der Waals surface area contributed by atoms with E-state index < -0.39 is 5.25 Å². The van der Waals surface area contributed by atoms with E-state index in [-0.39, 0.29) is 11.7 Å². The maximum atomic E-state index is 13.2. The summed E-state index contributed by atoms with van der Waals surface area (Å²) in [5.74, 6) is -0.470. The van der Waals surface area contributed by atoms with Gasteiger partial charge in [0, 0.05) is 22.1 Å². The highest BCUT2D eigenvalue weighted by Gasteiger charge is 2.21. The molecule has 0 bridgehead atoms. The molecule has 0 saturated heterocycles. The van der Waals surface area contributed by atoms with Gasteiger partial charge >= 0.3 is 0 Å². The third kappa shape index (κ3) is 5.81. The molecule has 1 unspecified atom stereocenters. The van der Waals surface area contributed by atoms with Crippen molar-refractivity contribution in [2.75, 3.05) is 5.32 Å². The number of nitrogens with one attached hydrogen (secondary N) is 2. The minimum Gasteiger partial charge on any atom is -0.332 e. The number of thiazole rings is 1. The summed E-state index contributed by atoms with van der Waals surface area (Å²) in [5, 5.41) is 5.48. The zero-order valence-electron chi connectivity index (χ0n) is 20.6. The van der Waals surface area contributed by atoms with E-state index in [1.807, 2.05) is 12.3 Å². The third-order valence-corrected chi connectivity index (χ3v) is 7.62. The molecule has 2 N–H and O–H groups in total. The molecular weight excluding hydrogens is 503 g/mol. The number of thioether (sulfide) groups is 1. The van der Waals surface area contributed by atoms with E-state index in [1.165, 1.54) is 46.4 Å². The molecule has 0 fully saturated rings. The number of imidazole rings is 1. The van der Waals surface area contributed by atoms with E-state index in [1.54, 1.807) is 12.1 Å². The third-order valence-electron chi connectivity index (χ3n) is 5.88. The highest BCUT2D eigenvalue weighted by atomic mass is 32.2. The molecule has 0 spiro atoms. The molecule has 1 amide bonds. The molecule has 2 heterocycles. The van der Waals surface area contributed by atoms with Gasteiger partial charge in [0.05, 0.1) is 22.3 Å². The smallest absolute Gasteiger partial charge is 0.239 e. The molecule has 0 saturated carbocycles. The van der Waals surface area contributed by atoms with E-state index in [0.29, 0.717) is 16.0 Å². The van der Waals surface area contributed by atoms with Crippen molar-refractivity contribution in [3.63, 3.8) is 0 Å². The Hall–Kier alpha value is -3.75. The maximum Gasteiger partial charge on any atom is 0.239 e. The van der Waals surface area contributed by atoms with E-state index in [0.717, 1.165) is 28.1 Å². The number of carbonyl (C=O) groups is 1. The monoisotopic (exact) mass is 528 g/mol. The second-order valence-electron chi connectivity index (χ2n) is 8.79. The fraction of sp³-hybridized carbons (Fsp3) is 0.138. The summed E-state index contributed by atoms with van der Waals surface area (Å²) >= 11 is 2.70. The standard InChI is InChI=1S/C29H25FN4OS2/c1-17-4-8-21(9-5-17)25-26(22-10-6-18(2)7-11-22)33-29(32-25)37-19(3)27(35)34-28-31-24(16-36-28)20-12-14-23(30)15-13-20/h4-16,19H,1-3H3,(H,32,33)(H,31,34,35). The summed E-state index contributed by atoms with van der Waals surface area (Å²) in [6, 6.07) is 22.7. The number of hydrogen-bond acceptors (Lipinski definition) is 5. The number of anilines is 1. The summed E-state index contributed by atoms with van der Waals surface area (Å²) in [6.07, 6.45) is 0. The highest BCUT2D eigenvalue weighted by molar-refractivity contribution is 8.00. The normalized spacial score (nSPS) is 11.9. The van der Waals surface area contributed by atoms with E-state index in [4.69, 9.17) is 4.98 Å². The Bertz CT molecular complexity index is 1460. The number of nitrogens with zero attached hydrogens (tertiary/aromatic N) is 2. The van der Waals surface area contributed by atoms with Gasteiger partial charge in [-0.05, 0) is 45.0 Å². The molecule has 5 aromatic rings. The summed E-state index contributed by atoms with van der Waals surface area (Å²) in [7, 11) is 0. The molecule has 8 heteroatoms. The van der Waals surface area contributed by atoms with Crippen LogP contribution in [0.4, 0.5) is 9.52 Å². The Balaban J connectivity index is 1.34. The van der Waals surface area contributed by atoms with Crippen LogP contribution in [0.1, 0.15) is 18.1 Å². The number of aromatic amines is 1. The van der Waals surface area contributed by atoms with Crippen LogP contribution in [-0.4, -0.2) is 26.1 Å². The first-order valence-electron chi connectivity index (χ1n) is 11.8. The summed E-state index contributed by atoms with van der Waals surface area (Å²) < 4.78 is 13.2. The Morgan fingerprint density at radius 1 is 0.892 bits per heavy atom. The van der Waals surface area contributed by atoms with E-state index >= 15 is 0 Å². The molecule has 2 aromatic heterocycles. The second-order valence-corrected chi connectivity index (χ2v) is 11.0. The van der Waals surface area contributed by atoms with Crippen LogP contribution < -0.4 is 5.32 Å². The molecule has 5 rings (SSSR count). The lowest BCUT2D eigenvalue weighted by atomic mass is 10.0. The van der Waals surface area contributed by atoms with Gasteiger partial charge in [-0.1, -0.05) is 71.4 Å². The molecule has 3 aromatic carbocycles. The number of benzene rings is 3. The molecule has 0 radical (unpaired) electrons. The zero-order valence-corrected chi connectivity index (χ0v) is 22.2. The van der Waals surface area contributed by atoms with Crippen molar-refractivity contribution in [3.05, 3.63) is 95.1 Å². The van der Waals surface area contributed by atoms with Gasteiger partial charge in [0.1, 0.15) is 5.82 Å². The van der Waals surface area contributed by atoms with Gasteiger partial charge in [-0.3, -0.25) is 4.79 Å². The van der Waals surface area contributed by atoms with Gasteiger partial charge in [-0.25, -0.2) is 14.4 Å². The van der Waals surface area contributed by atoms with Gasteiger partial charge in [0.25, 0.3) is 0 Å². The van der Waals surface area contributed by atoms with Gasteiger partial charge in [0.15, 0.2) is 10.3 Å². The number of aromatic nitrogens is 3. The van der Waals surface area contributed by atoms with Crippen LogP contribution in [0.5, 0.6) is 0 Å². The van der Waals surface area contributed by atoms with Crippen LogP contribution in [-0.2, 0) is 4.79 Å². The molecule has 186 valence electrons. The molecule has 1 atom stereocenters. The predicted octanol–water partition coefficient (Wildman–Crippen LogP) is 7.74. The van der Waals surface area contributed by atoms with Crippen molar-refractivity contribution in [1.29, 1.82) is 0 Å². The Kier molecular flexibility index (Phi) is 7.21. The summed E-state index contributed by atoms with van der Waals surface area (Å²) in [5.41, 5.74) is 7.67. The van der Waals surface area contributed by atoms with Crippen molar-refractivity contribution < 1.29 is 9.18 Å². The SMILES string of the molecule is Cc1ccc(-c2nc(SC(C)C(=O)Nc3nc(-c4ccc(F)cc4)cs3)[nH]c2-c2ccc(C)cc2)cc1. The van der Waals surface area contributed by atoms with Crippen molar-refractivity contribution in [1.82, 2.24) is 15.0 Å². The van der Waals surface area contributed by atoms with Gasteiger partial charge < -0.3 is 10.3 Å². The Morgan fingerprint density at radius 2 is 1.49 bits per heavy atom. The summed E-state index contributed by atoms with van der Waals surface area (Å²) in [6.45, 7) is 5.96. The number of carbonyl (C=O) groups excluding carboxylic acids is 1. The highest BCUT2D eigenvalue weighted by Crippen LogP contribution is 2.34. The summed E-state index contributed by atoms with van der Waals surface area (Å²) in [4.78, 5) is 25.8. The second kappa shape index (κ2) is 10.7. The minimum absolute atomic E-state index is 0.171. The Morgan fingerprint density at radius 3 is 2.14 bits per heavy atom. The number of amides is 1. The van der Waals surface area contributed by atoms with Gasteiger partial charge in [0.2, 0.25) is 5.91 Å². The quantitative estimate of drug-likeness (QED) is 0.212. The number of rotatable bonds is 7. The van der Waals surface area contributed by atoms with Crippen LogP contribution in [0.2, 0.25) is 0 Å². The molecular formula is C29H25FN4OS2. The zero-order chi connectivity index (χ0) is 25.9. The van der Waals surface area contributed by atoms with E-state index in [2.05, 4.69) is 77.7 Å². The average molecular weight is 529 g/mol. The Labute approximate surface area is 223 Å². The van der Waals surface area contributed by atoms with Gasteiger partial charge in [-0.2, -0.15) is 0 Å². The van der Waals surface area contributed by atoms with E-state index in [9.17, 15) is 9.18 Å². The van der Waals surface area contributed by atoms with Crippen LogP contribution in [0, 0.1) is 19.7 Å². The average Bonchev–Trinajstić information content (AvgIpc) is 3.53. The lowest BCUT2D eigenvalue weighted by Crippen LogP contribution is -2.22. The number of hydrogen-bond donors (Lipinski definition) is 2. The number of aryl methyl sites for hydroxylation is 2. The fourth-order valence-electron chi connectivity index (χ4n) is 3.77. The maximum absolute atomic E-state index is 13.2. The molecule has 5 nitrogen and oxygen atoms in total. The van der Waals surface area contributed by atoms with Crippen LogP contribution in [0.25, 0.3) is 33.8 Å². The van der Waals surface area contributed by atoms with Crippen LogP contribution in [0.3, 0.4) is 0 Å². The number of H-pyrrole nitrogens is 1. The lowest BCUT2D eigenvalue weighted by Gasteiger charge is -2.08. The lowest BCUT2D eigenvalue weighted by molar-refractivity contribution is -0.115. The first kappa shape index (κ1) is 24.9. The first-order valence-corrected chi connectivity index (χ1v) is 13.5. The van der Waals surface area contributed by atoms with Crippen molar-refractivity contribution >= 4 is 34.1 Å². The number of halogens is 1. The van der Waals surface area contributed by atoms with Crippen molar-refractivity contribution in [3.8, 4) is 33.8 Å².